The van der Waals surface area contributed by atoms with Crippen LogP contribution in [0.4, 0.5) is 0 Å². The first-order chi connectivity index (χ1) is 17.5. The third-order valence-corrected chi connectivity index (χ3v) is 6.80. The Balaban J connectivity index is 1.79. The van der Waals surface area contributed by atoms with Gasteiger partial charge in [0.1, 0.15) is 23.3 Å². The van der Waals surface area contributed by atoms with Crippen LogP contribution in [0.1, 0.15) is 35.6 Å². The van der Waals surface area contributed by atoms with E-state index in [1.54, 1.807) is 20.1 Å². The average Bonchev–Trinajstić information content (AvgIpc) is 3.46. The van der Waals surface area contributed by atoms with Gasteiger partial charge in [0.25, 0.3) is 5.56 Å². The number of aryl methyl sites for hydroxylation is 1. The molecule has 0 saturated heterocycles. The van der Waals surface area contributed by atoms with Gasteiger partial charge in [0.05, 0.1) is 29.5 Å². The predicted octanol–water partition coefficient (Wildman–Crippen LogP) is 3.85. The number of methoxy groups -OCH3 is 1. The van der Waals surface area contributed by atoms with Gasteiger partial charge in [-0.1, -0.05) is 53.8 Å². The number of thiazole rings is 1. The molecule has 0 aliphatic carbocycles. The minimum absolute atomic E-state index is 0.191. The molecule has 1 atom stereocenters. The number of furan rings is 1. The molecule has 3 heterocycles. The number of rotatable bonds is 6. The minimum Gasteiger partial charge on any atom is -0.497 e. The molecule has 0 spiro atoms. The summed E-state index contributed by atoms with van der Waals surface area (Å²) in [6, 6.07) is 19.6. The van der Waals surface area contributed by atoms with Crippen molar-refractivity contribution in [2.24, 2.45) is 4.99 Å². The van der Waals surface area contributed by atoms with Crippen LogP contribution in [-0.2, 0) is 9.53 Å². The van der Waals surface area contributed by atoms with Gasteiger partial charge >= 0.3 is 5.97 Å². The monoisotopic (exact) mass is 500 g/mol. The van der Waals surface area contributed by atoms with Crippen LogP contribution >= 0.6 is 11.3 Å². The molecule has 182 valence electrons. The zero-order valence-corrected chi connectivity index (χ0v) is 20.9. The van der Waals surface area contributed by atoms with Gasteiger partial charge in [-0.05, 0) is 49.8 Å². The molecule has 1 unspecified atom stereocenters. The van der Waals surface area contributed by atoms with Crippen LogP contribution in [0.5, 0.6) is 5.75 Å². The molecule has 0 amide bonds. The van der Waals surface area contributed by atoms with Crippen molar-refractivity contribution in [2.75, 3.05) is 13.7 Å². The second kappa shape index (κ2) is 9.83. The number of benzene rings is 2. The number of esters is 1. The number of nitrogens with zero attached hydrogens (tertiary/aromatic N) is 2. The average molecular weight is 501 g/mol. The predicted molar refractivity (Wildman–Crippen MR) is 137 cm³/mol. The zero-order chi connectivity index (χ0) is 25.2. The van der Waals surface area contributed by atoms with Crippen LogP contribution in [0.2, 0.25) is 0 Å². The molecule has 2 aromatic carbocycles. The third-order valence-electron chi connectivity index (χ3n) is 5.82. The zero-order valence-electron chi connectivity index (χ0n) is 20.1. The lowest BCUT2D eigenvalue weighted by molar-refractivity contribution is -0.139. The molecular formula is C28H24N2O5S. The van der Waals surface area contributed by atoms with Crippen LogP contribution in [0.15, 0.2) is 86.5 Å². The highest BCUT2D eigenvalue weighted by Crippen LogP contribution is 2.35. The van der Waals surface area contributed by atoms with E-state index in [9.17, 15) is 9.59 Å². The van der Waals surface area contributed by atoms with Crippen LogP contribution in [0.25, 0.3) is 11.8 Å². The lowest BCUT2D eigenvalue weighted by Crippen LogP contribution is -2.39. The van der Waals surface area contributed by atoms with Gasteiger partial charge in [-0.15, -0.1) is 0 Å². The molecule has 0 saturated carbocycles. The highest BCUT2D eigenvalue weighted by Gasteiger charge is 2.36. The van der Waals surface area contributed by atoms with Crippen molar-refractivity contribution >= 4 is 29.1 Å². The van der Waals surface area contributed by atoms with E-state index in [1.807, 2.05) is 73.7 Å². The lowest BCUT2D eigenvalue weighted by Gasteiger charge is -2.24. The van der Waals surface area contributed by atoms with Gasteiger partial charge in [-0.25, -0.2) is 9.79 Å². The van der Waals surface area contributed by atoms with E-state index < -0.39 is 12.0 Å². The molecule has 0 N–H and O–H groups in total. The summed E-state index contributed by atoms with van der Waals surface area (Å²) in [7, 11) is 1.61. The van der Waals surface area contributed by atoms with Gasteiger partial charge in [0, 0.05) is 5.56 Å². The Morgan fingerprint density at radius 2 is 1.86 bits per heavy atom. The van der Waals surface area contributed by atoms with E-state index in [-0.39, 0.29) is 17.7 Å². The Morgan fingerprint density at radius 1 is 1.11 bits per heavy atom. The van der Waals surface area contributed by atoms with E-state index in [0.717, 1.165) is 16.9 Å². The number of carbonyl (C=O) groups is 1. The maximum atomic E-state index is 13.7. The van der Waals surface area contributed by atoms with E-state index in [1.165, 1.54) is 15.9 Å². The summed E-state index contributed by atoms with van der Waals surface area (Å²) in [5.41, 5.74) is 2.06. The quantitative estimate of drug-likeness (QED) is 0.376. The third kappa shape index (κ3) is 4.31. The number of hydrogen-bond donors (Lipinski definition) is 0. The molecule has 2 aromatic heterocycles. The van der Waals surface area contributed by atoms with E-state index in [4.69, 9.17) is 18.9 Å². The Labute approximate surface area is 211 Å². The first-order valence-electron chi connectivity index (χ1n) is 11.5. The van der Waals surface area contributed by atoms with Gasteiger partial charge in [-0.3, -0.25) is 9.36 Å². The number of hydrogen-bond acceptors (Lipinski definition) is 7. The van der Waals surface area contributed by atoms with Crippen molar-refractivity contribution in [3.8, 4) is 5.75 Å². The Hall–Kier alpha value is -4.17. The molecule has 0 bridgehead atoms. The molecule has 5 rings (SSSR count). The summed E-state index contributed by atoms with van der Waals surface area (Å²) in [5.74, 6) is 1.33. The highest BCUT2D eigenvalue weighted by atomic mass is 32.1. The van der Waals surface area contributed by atoms with Gasteiger partial charge in [-0.2, -0.15) is 0 Å². The van der Waals surface area contributed by atoms with Crippen LogP contribution in [0.3, 0.4) is 0 Å². The molecule has 0 radical (unpaired) electrons. The van der Waals surface area contributed by atoms with Gasteiger partial charge < -0.3 is 13.9 Å². The Bertz CT molecular complexity index is 1630. The van der Waals surface area contributed by atoms with E-state index in [0.29, 0.717) is 26.6 Å². The smallest absolute Gasteiger partial charge is 0.338 e. The fourth-order valence-corrected chi connectivity index (χ4v) is 5.16. The number of carbonyl (C=O) groups excluding carboxylic acids is 1. The first-order valence-corrected chi connectivity index (χ1v) is 12.3. The van der Waals surface area contributed by atoms with Gasteiger partial charge in [0.15, 0.2) is 4.80 Å². The fraction of sp³-hybridized carbons (Fsp3) is 0.179. The summed E-state index contributed by atoms with van der Waals surface area (Å²) in [6.45, 7) is 3.76. The molecule has 4 aromatic rings. The topological polar surface area (TPSA) is 83.0 Å². The standard InChI is InChI=1S/C28H24N2O5S/c1-4-34-27(32)23-24(19-8-6-5-7-9-19)29-28-30(25(23)21-15-10-17(2)35-21)26(31)22(36-28)16-18-11-13-20(33-3)14-12-18/h5-16,25H,4H2,1-3H3. The molecular weight excluding hydrogens is 476 g/mol. The Kier molecular flexibility index (Phi) is 6.43. The molecule has 8 heteroatoms. The van der Waals surface area contributed by atoms with Gasteiger partial charge in [0.2, 0.25) is 0 Å². The van der Waals surface area contributed by atoms with Crippen molar-refractivity contribution in [2.45, 2.75) is 19.9 Å². The highest BCUT2D eigenvalue weighted by molar-refractivity contribution is 7.07. The molecule has 1 aliphatic rings. The normalized spacial score (nSPS) is 15.4. The summed E-state index contributed by atoms with van der Waals surface area (Å²) in [4.78, 5) is 32.4. The number of ether oxygens (including phenoxy) is 2. The summed E-state index contributed by atoms with van der Waals surface area (Å²) >= 11 is 1.27. The number of aromatic nitrogens is 1. The second-order valence-corrected chi connectivity index (χ2v) is 9.16. The van der Waals surface area contributed by atoms with Crippen molar-refractivity contribution in [3.63, 3.8) is 0 Å². The van der Waals surface area contributed by atoms with Crippen molar-refractivity contribution in [3.05, 3.63) is 115 Å². The van der Waals surface area contributed by atoms with Crippen molar-refractivity contribution < 1.29 is 18.7 Å². The van der Waals surface area contributed by atoms with Crippen LogP contribution in [0, 0.1) is 6.92 Å². The molecule has 36 heavy (non-hydrogen) atoms. The maximum absolute atomic E-state index is 13.7. The summed E-state index contributed by atoms with van der Waals surface area (Å²) in [5, 5.41) is 0. The SMILES string of the molecule is CCOC(=O)C1=C(c2ccccc2)N=c2sc(=Cc3ccc(OC)cc3)c(=O)n2C1c1ccc(C)o1. The number of fused-ring (bicyclic) bond motifs is 1. The summed E-state index contributed by atoms with van der Waals surface area (Å²) in [6.07, 6.45) is 1.81. The maximum Gasteiger partial charge on any atom is 0.338 e. The largest absolute Gasteiger partial charge is 0.497 e. The first kappa shape index (κ1) is 23.6. The van der Waals surface area contributed by atoms with E-state index in [2.05, 4.69) is 0 Å². The Morgan fingerprint density at radius 3 is 2.50 bits per heavy atom. The van der Waals surface area contributed by atoms with E-state index >= 15 is 0 Å². The fourth-order valence-electron chi connectivity index (χ4n) is 4.16. The molecule has 7 nitrogen and oxygen atoms in total. The second-order valence-electron chi connectivity index (χ2n) is 8.15. The molecule has 1 aliphatic heterocycles. The van der Waals surface area contributed by atoms with Crippen molar-refractivity contribution in [1.82, 2.24) is 4.57 Å². The van der Waals surface area contributed by atoms with Crippen LogP contribution < -0.4 is 19.6 Å². The lowest BCUT2D eigenvalue weighted by atomic mass is 9.97. The summed E-state index contributed by atoms with van der Waals surface area (Å²) < 4.78 is 18.7. The van der Waals surface area contributed by atoms with Crippen molar-refractivity contribution in [1.29, 1.82) is 0 Å². The van der Waals surface area contributed by atoms with Crippen LogP contribution in [-0.4, -0.2) is 24.3 Å². The minimum atomic E-state index is -0.817. The molecule has 0 fully saturated rings.